The highest BCUT2D eigenvalue weighted by Gasteiger charge is 2.10. The molecule has 0 radical (unpaired) electrons. The lowest BCUT2D eigenvalue weighted by atomic mass is 10.0. The van der Waals surface area contributed by atoms with Gasteiger partial charge >= 0.3 is 0 Å². The zero-order chi connectivity index (χ0) is 16.9. The van der Waals surface area contributed by atoms with Crippen molar-refractivity contribution in [3.63, 3.8) is 0 Å². The Kier molecular flexibility index (Phi) is 4.96. The number of anilines is 1. The van der Waals surface area contributed by atoms with Gasteiger partial charge in [-0.25, -0.2) is 0 Å². The Balaban J connectivity index is 1.82. The van der Waals surface area contributed by atoms with E-state index in [4.69, 9.17) is 4.74 Å². The number of ether oxygens (including phenoxy) is 1. The summed E-state index contributed by atoms with van der Waals surface area (Å²) in [6.07, 6.45) is 4.65. The highest BCUT2D eigenvalue weighted by Crippen LogP contribution is 2.24. The van der Waals surface area contributed by atoms with Crippen molar-refractivity contribution in [3.05, 3.63) is 58.7 Å². The number of carbonyl (C=O) groups is 1. The maximum atomic E-state index is 11.0. The summed E-state index contributed by atoms with van der Waals surface area (Å²) in [6, 6.07) is 11.9. The van der Waals surface area contributed by atoms with Gasteiger partial charge in [0.05, 0.1) is 18.8 Å². The molecule has 4 heteroatoms. The number of phenols is 1. The van der Waals surface area contributed by atoms with E-state index in [0.717, 1.165) is 37.4 Å². The Morgan fingerprint density at radius 1 is 1.08 bits per heavy atom. The summed E-state index contributed by atoms with van der Waals surface area (Å²) in [5.74, 6) is 0.0523. The number of rotatable bonds is 4. The second-order valence-corrected chi connectivity index (χ2v) is 5.92. The van der Waals surface area contributed by atoms with Crippen LogP contribution in [0.5, 0.6) is 5.75 Å². The van der Waals surface area contributed by atoms with Crippen molar-refractivity contribution in [2.75, 3.05) is 31.2 Å². The van der Waals surface area contributed by atoms with Gasteiger partial charge in [-0.2, -0.15) is 0 Å². The van der Waals surface area contributed by atoms with Crippen LogP contribution in [-0.4, -0.2) is 37.7 Å². The standard InChI is InChI=1S/C20H21NO3/c1-15-11-17(12-18(14-22)20(15)23)6-5-16-3-2-4-19(13-16)21-7-9-24-10-8-21/h2-6,11-14,23H,7-10H2,1H3/b6-5+. The third-order valence-corrected chi connectivity index (χ3v) is 4.19. The molecule has 1 fully saturated rings. The first kappa shape index (κ1) is 16.3. The smallest absolute Gasteiger partial charge is 0.153 e. The molecule has 0 aliphatic carbocycles. The van der Waals surface area contributed by atoms with E-state index in [1.54, 1.807) is 13.0 Å². The molecule has 0 atom stereocenters. The Morgan fingerprint density at radius 3 is 2.58 bits per heavy atom. The molecule has 24 heavy (non-hydrogen) atoms. The fourth-order valence-corrected chi connectivity index (χ4v) is 2.86. The van der Waals surface area contributed by atoms with E-state index in [1.807, 2.05) is 30.4 Å². The quantitative estimate of drug-likeness (QED) is 0.691. The van der Waals surface area contributed by atoms with Crippen LogP contribution in [0, 0.1) is 6.92 Å². The van der Waals surface area contributed by atoms with E-state index in [-0.39, 0.29) is 5.75 Å². The fourth-order valence-electron chi connectivity index (χ4n) is 2.86. The van der Waals surface area contributed by atoms with Gasteiger partial charge in [-0.1, -0.05) is 24.3 Å². The molecule has 124 valence electrons. The number of carbonyl (C=O) groups excluding carboxylic acids is 1. The van der Waals surface area contributed by atoms with Crippen molar-refractivity contribution in [1.29, 1.82) is 0 Å². The van der Waals surface area contributed by atoms with Crippen LogP contribution in [0.3, 0.4) is 0 Å². The number of morpholine rings is 1. The summed E-state index contributed by atoms with van der Waals surface area (Å²) in [5.41, 5.74) is 4.19. The molecule has 0 amide bonds. The molecule has 0 saturated carbocycles. The molecule has 0 spiro atoms. The van der Waals surface area contributed by atoms with Gasteiger partial charge in [0.15, 0.2) is 6.29 Å². The second kappa shape index (κ2) is 7.32. The first-order valence-corrected chi connectivity index (χ1v) is 8.07. The van der Waals surface area contributed by atoms with Crippen molar-refractivity contribution in [1.82, 2.24) is 0 Å². The van der Waals surface area contributed by atoms with Crippen LogP contribution in [0.2, 0.25) is 0 Å². The lowest BCUT2D eigenvalue weighted by molar-refractivity contribution is 0.112. The van der Waals surface area contributed by atoms with Gasteiger partial charge in [-0.05, 0) is 47.9 Å². The normalized spacial score (nSPS) is 15.0. The lowest BCUT2D eigenvalue weighted by Gasteiger charge is -2.29. The summed E-state index contributed by atoms with van der Waals surface area (Å²) in [4.78, 5) is 13.3. The van der Waals surface area contributed by atoms with Crippen LogP contribution in [0.4, 0.5) is 5.69 Å². The van der Waals surface area contributed by atoms with Gasteiger partial charge in [0.25, 0.3) is 0 Å². The van der Waals surface area contributed by atoms with Crippen molar-refractivity contribution >= 4 is 24.1 Å². The summed E-state index contributed by atoms with van der Waals surface area (Å²) in [6.45, 7) is 5.14. The van der Waals surface area contributed by atoms with Crippen LogP contribution in [0.15, 0.2) is 36.4 Å². The number of aryl methyl sites for hydroxylation is 1. The average Bonchev–Trinajstić information content (AvgIpc) is 2.63. The molecule has 0 unspecified atom stereocenters. The maximum absolute atomic E-state index is 11.0. The molecule has 1 aliphatic rings. The van der Waals surface area contributed by atoms with Crippen molar-refractivity contribution in [2.45, 2.75) is 6.92 Å². The lowest BCUT2D eigenvalue weighted by Crippen LogP contribution is -2.36. The maximum Gasteiger partial charge on any atom is 0.153 e. The molecule has 0 bridgehead atoms. The van der Waals surface area contributed by atoms with E-state index in [2.05, 4.69) is 17.0 Å². The first-order valence-electron chi connectivity index (χ1n) is 8.07. The summed E-state index contributed by atoms with van der Waals surface area (Å²) >= 11 is 0. The fraction of sp³-hybridized carbons (Fsp3) is 0.250. The zero-order valence-corrected chi connectivity index (χ0v) is 13.7. The monoisotopic (exact) mass is 323 g/mol. The molecule has 1 saturated heterocycles. The van der Waals surface area contributed by atoms with E-state index in [9.17, 15) is 9.90 Å². The summed E-state index contributed by atoms with van der Waals surface area (Å²) < 4.78 is 5.39. The molecule has 1 N–H and O–H groups in total. The first-order chi connectivity index (χ1) is 11.7. The number of hydrogen-bond donors (Lipinski definition) is 1. The summed E-state index contributed by atoms with van der Waals surface area (Å²) in [5, 5.41) is 9.82. The minimum atomic E-state index is 0.0523. The van der Waals surface area contributed by atoms with Crippen LogP contribution >= 0.6 is 0 Å². The van der Waals surface area contributed by atoms with Gasteiger partial charge in [0, 0.05) is 18.8 Å². The zero-order valence-electron chi connectivity index (χ0n) is 13.7. The van der Waals surface area contributed by atoms with Gasteiger partial charge in [-0.3, -0.25) is 4.79 Å². The topological polar surface area (TPSA) is 49.8 Å². The Bertz CT molecular complexity index is 761. The van der Waals surface area contributed by atoms with E-state index in [0.29, 0.717) is 17.4 Å². The molecular formula is C20H21NO3. The Hall–Kier alpha value is -2.59. The molecule has 1 aliphatic heterocycles. The van der Waals surface area contributed by atoms with Gasteiger partial charge in [0.2, 0.25) is 0 Å². The van der Waals surface area contributed by atoms with Crippen molar-refractivity contribution in [3.8, 4) is 5.75 Å². The molecule has 1 heterocycles. The van der Waals surface area contributed by atoms with Gasteiger partial charge in [-0.15, -0.1) is 0 Å². The highest BCUT2D eigenvalue weighted by molar-refractivity contribution is 5.83. The minimum Gasteiger partial charge on any atom is -0.507 e. The molecule has 4 nitrogen and oxygen atoms in total. The third-order valence-electron chi connectivity index (χ3n) is 4.19. The highest BCUT2D eigenvalue weighted by atomic mass is 16.5. The minimum absolute atomic E-state index is 0.0523. The molecule has 0 aromatic heterocycles. The number of phenolic OH excluding ortho intramolecular Hbond substituents is 1. The van der Waals surface area contributed by atoms with E-state index < -0.39 is 0 Å². The number of aromatic hydroxyl groups is 1. The van der Waals surface area contributed by atoms with E-state index in [1.165, 1.54) is 5.69 Å². The van der Waals surface area contributed by atoms with Crippen molar-refractivity contribution < 1.29 is 14.6 Å². The van der Waals surface area contributed by atoms with Crippen LogP contribution in [0.1, 0.15) is 27.0 Å². The molecule has 3 rings (SSSR count). The predicted octanol–water partition coefficient (Wildman–Crippen LogP) is 3.52. The summed E-state index contributed by atoms with van der Waals surface area (Å²) in [7, 11) is 0. The van der Waals surface area contributed by atoms with Gasteiger partial charge in [0.1, 0.15) is 5.75 Å². The molecule has 2 aromatic carbocycles. The number of hydrogen-bond acceptors (Lipinski definition) is 4. The van der Waals surface area contributed by atoms with Crippen LogP contribution in [-0.2, 0) is 4.74 Å². The SMILES string of the molecule is Cc1cc(/C=C/c2cccc(N3CCOCC3)c2)cc(C=O)c1O. The van der Waals surface area contributed by atoms with Gasteiger partial charge < -0.3 is 14.7 Å². The van der Waals surface area contributed by atoms with Crippen molar-refractivity contribution in [2.24, 2.45) is 0 Å². The third kappa shape index (κ3) is 3.66. The predicted molar refractivity (Wildman–Crippen MR) is 96.6 cm³/mol. The largest absolute Gasteiger partial charge is 0.507 e. The average molecular weight is 323 g/mol. The Labute approximate surface area is 142 Å². The number of nitrogens with zero attached hydrogens (tertiary/aromatic N) is 1. The number of aldehydes is 1. The van der Waals surface area contributed by atoms with Crippen LogP contribution in [0.25, 0.3) is 12.2 Å². The Morgan fingerprint density at radius 2 is 1.83 bits per heavy atom. The van der Waals surface area contributed by atoms with Crippen LogP contribution < -0.4 is 4.90 Å². The molecule has 2 aromatic rings. The molecular weight excluding hydrogens is 302 g/mol. The number of benzene rings is 2. The van der Waals surface area contributed by atoms with E-state index >= 15 is 0 Å². The second-order valence-electron chi connectivity index (χ2n) is 5.92.